The van der Waals surface area contributed by atoms with Gasteiger partial charge in [0.15, 0.2) is 0 Å². The van der Waals surface area contributed by atoms with Crippen molar-refractivity contribution in [1.29, 1.82) is 0 Å². The maximum absolute atomic E-state index is 9.43. The van der Waals surface area contributed by atoms with Gasteiger partial charge in [-0.25, -0.2) is 0 Å². The fourth-order valence-corrected chi connectivity index (χ4v) is 2.30. The van der Waals surface area contributed by atoms with Crippen LogP contribution < -0.4 is 0 Å². The summed E-state index contributed by atoms with van der Waals surface area (Å²) < 4.78 is 0. The second-order valence-electron chi connectivity index (χ2n) is 6.86. The summed E-state index contributed by atoms with van der Waals surface area (Å²) in [4.78, 5) is 64.2. The van der Waals surface area contributed by atoms with Gasteiger partial charge in [-0.1, -0.05) is 0 Å². The molecule has 0 fully saturated rings. The molecule has 220 valence electrons. The van der Waals surface area contributed by atoms with Crippen molar-refractivity contribution in [3.63, 3.8) is 0 Å². The number of hydrogen-bond donors (Lipinski definition) is 0. The van der Waals surface area contributed by atoms with Crippen molar-refractivity contribution in [3.05, 3.63) is 95.0 Å². The predicted molar refractivity (Wildman–Crippen MR) is 141 cm³/mol. The number of fused-ring (bicyclic) bond motifs is 6. The Kier molecular flexibility index (Phi) is 23.4. The quantitative estimate of drug-likeness (QED) is 0.123. The zero-order valence-electron chi connectivity index (χ0n) is 21.7. The fraction of sp³-hybridized carbons (Fsp3) is 0.200. The first-order chi connectivity index (χ1) is 18.7. The zero-order chi connectivity index (χ0) is 31.3. The van der Waals surface area contributed by atoms with Gasteiger partial charge in [0, 0.05) is 63.8 Å². The van der Waals surface area contributed by atoms with Crippen molar-refractivity contribution >= 4 is 45.7 Å². The summed E-state index contributed by atoms with van der Waals surface area (Å²) in [6.07, 6.45) is 8.46. The molecule has 41 heavy (non-hydrogen) atoms. The van der Waals surface area contributed by atoms with E-state index in [-0.39, 0.29) is 49.4 Å². The SMILES string of the molecule is CN(C)C=O.CN(C)C=O.O=[N+]([O-])[O-].O=[N+]([O-])[O-].O=[N+]([O-])[O-].[Eu+3].c1cnc2c(c1)c1nccnc1c1cccnc12. The Hall–Kier alpha value is -4.50. The number of carbonyl (C=O) groups excluding carboxylic acids is 2. The van der Waals surface area contributed by atoms with Crippen LogP contribution in [0, 0.1) is 95.3 Å². The topological polar surface area (TPSA) is 291 Å². The largest absolute Gasteiger partial charge is 3.00 e. The Morgan fingerprint density at radius 2 is 0.756 bits per heavy atom. The third-order valence-corrected chi connectivity index (χ3v) is 3.47. The predicted octanol–water partition coefficient (Wildman–Crippen LogP) is 1.42. The van der Waals surface area contributed by atoms with E-state index in [0.29, 0.717) is 0 Å². The summed E-state index contributed by atoms with van der Waals surface area (Å²) >= 11 is 0. The molecular formula is C20H22EuN9O11. The van der Waals surface area contributed by atoms with Gasteiger partial charge in [0.1, 0.15) is 0 Å². The van der Waals surface area contributed by atoms with Gasteiger partial charge < -0.3 is 55.8 Å². The molecule has 0 radical (unpaired) electrons. The Bertz CT molecular complexity index is 1120. The van der Waals surface area contributed by atoms with E-state index in [1.165, 1.54) is 9.80 Å². The van der Waals surface area contributed by atoms with Crippen LogP contribution in [-0.4, -0.2) is 86.0 Å². The minimum atomic E-state index is -1.75. The first kappa shape index (κ1) is 41.0. The third-order valence-electron chi connectivity index (χ3n) is 3.47. The Morgan fingerprint density at radius 1 is 0.561 bits per heavy atom. The molecule has 1 aromatic carbocycles. The van der Waals surface area contributed by atoms with E-state index < -0.39 is 15.3 Å². The summed E-state index contributed by atoms with van der Waals surface area (Å²) in [5.74, 6) is 0. The van der Waals surface area contributed by atoms with Crippen LogP contribution >= 0.6 is 0 Å². The second-order valence-corrected chi connectivity index (χ2v) is 6.86. The summed E-state index contributed by atoms with van der Waals surface area (Å²) in [5.41, 5.74) is 3.50. The third kappa shape index (κ3) is 20.1. The Labute approximate surface area is 271 Å². The molecule has 0 aliphatic heterocycles. The van der Waals surface area contributed by atoms with Gasteiger partial charge in [-0.2, -0.15) is 0 Å². The molecule has 20 nitrogen and oxygen atoms in total. The number of rotatable bonds is 2. The second kappa shape index (κ2) is 23.4. The van der Waals surface area contributed by atoms with E-state index in [9.17, 15) is 9.59 Å². The number of carbonyl (C=O) groups is 2. The van der Waals surface area contributed by atoms with Gasteiger partial charge in [-0.05, 0) is 24.3 Å². The first-order valence-corrected chi connectivity index (χ1v) is 10.1. The number of amides is 2. The number of benzene rings is 1. The fourth-order valence-electron chi connectivity index (χ4n) is 2.30. The van der Waals surface area contributed by atoms with E-state index in [4.69, 9.17) is 46.0 Å². The van der Waals surface area contributed by atoms with Gasteiger partial charge in [0.05, 0.1) is 37.3 Å². The molecule has 0 unspecified atom stereocenters. The molecule has 0 spiro atoms. The van der Waals surface area contributed by atoms with Crippen molar-refractivity contribution in [1.82, 2.24) is 29.7 Å². The van der Waals surface area contributed by atoms with Crippen LogP contribution in [0.3, 0.4) is 0 Å². The van der Waals surface area contributed by atoms with E-state index >= 15 is 0 Å². The Balaban J connectivity index is -0.000000524. The van der Waals surface area contributed by atoms with Crippen LogP contribution in [0.1, 0.15) is 0 Å². The van der Waals surface area contributed by atoms with Gasteiger partial charge in [-0.15, -0.1) is 0 Å². The molecule has 2 amide bonds. The van der Waals surface area contributed by atoms with E-state index in [2.05, 4.69) is 19.9 Å². The molecule has 4 aromatic rings. The minimum absolute atomic E-state index is 0. The standard InChI is InChI=1S/C14H8N4.2C3H7NO.Eu.3NO3/c1-3-9-11(15-5-1)12-10(4-2-6-16-12)14-13(9)17-7-8-18-14;2*1-4(2)3-5;;3*2-1(3)4/h1-8H;2*3H,1-2H3;;;;/q;;;+3;3*-1. The van der Waals surface area contributed by atoms with Gasteiger partial charge in [0.25, 0.3) is 0 Å². The summed E-state index contributed by atoms with van der Waals surface area (Å²) in [6, 6.07) is 7.83. The van der Waals surface area contributed by atoms with Crippen molar-refractivity contribution in [2.75, 3.05) is 28.2 Å². The van der Waals surface area contributed by atoms with Crippen molar-refractivity contribution in [2.45, 2.75) is 0 Å². The molecule has 0 saturated carbocycles. The maximum atomic E-state index is 9.43. The van der Waals surface area contributed by atoms with Crippen molar-refractivity contribution in [2.24, 2.45) is 0 Å². The summed E-state index contributed by atoms with van der Waals surface area (Å²) in [6.45, 7) is 0. The van der Waals surface area contributed by atoms with Crippen LogP contribution in [0.4, 0.5) is 0 Å². The molecule has 3 aromatic heterocycles. The Morgan fingerprint density at radius 3 is 0.951 bits per heavy atom. The zero-order valence-corrected chi connectivity index (χ0v) is 24.1. The molecule has 3 heterocycles. The van der Waals surface area contributed by atoms with Crippen LogP contribution in [0.5, 0.6) is 0 Å². The molecule has 0 saturated heterocycles. The maximum Gasteiger partial charge on any atom is 3.00 e. The monoisotopic (exact) mass is 717 g/mol. The average molecular weight is 716 g/mol. The van der Waals surface area contributed by atoms with Gasteiger partial charge >= 0.3 is 49.4 Å². The minimum Gasteiger partial charge on any atom is -0.356 e. The van der Waals surface area contributed by atoms with Crippen LogP contribution in [0.2, 0.25) is 0 Å². The van der Waals surface area contributed by atoms with Crippen LogP contribution in [0.15, 0.2) is 49.1 Å². The molecule has 4 rings (SSSR count). The summed E-state index contributed by atoms with van der Waals surface area (Å²) in [5, 5.41) is 46.2. The van der Waals surface area contributed by atoms with E-state index in [1.807, 2.05) is 24.3 Å². The van der Waals surface area contributed by atoms with E-state index in [0.717, 1.165) is 45.7 Å². The number of hydrogen-bond acceptors (Lipinski definition) is 15. The smallest absolute Gasteiger partial charge is 0.356 e. The van der Waals surface area contributed by atoms with Crippen molar-refractivity contribution < 1.29 is 74.2 Å². The van der Waals surface area contributed by atoms with Crippen LogP contribution in [-0.2, 0) is 9.59 Å². The molecule has 0 N–H and O–H groups in total. The molecule has 0 atom stereocenters. The molecule has 0 aliphatic carbocycles. The average Bonchev–Trinajstić information content (AvgIpc) is 2.88. The summed E-state index contributed by atoms with van der Waals surface area (Å²) in [7, 11) is 6.75. The van der Waals surface area contributed by atoms with Gasteiger partial charge in [-0.3, -0.25) is 29.5 Å². The van der Waals surface area contributed by atoms with E-state index in [1.54, 1.807) is 53.0 Å². The molecule has 21 heteroatoms. The molecular weight excluding hydrogens is 694 g/mol. The van der Waals surface area contributed by atoms with Gasteiger partial charge in [0.2, 0.25) is 12.8 Å². The normalized spacial score (nSPS) is 8.39. The number of pyridine rings is 2. The first-order valence-electron chi connectivity index (χ1n) is 10.1. The number of aromatic nitrogens is 4. The van der Waals surface area contributed by atoms with Crippen LogP contribution in [0.25, 0.3) is 32.8 Å². The molecule has 0 bridgehead atoms. The molecule has 0 aliphatic rings. The van der Waals surface area contributed by atoms with Crippen molar-refractivity contribution in [3.8, 4) is 0 Å². The number of nitrogens with zero attached hydrogens (tertiary/aromatic N) is 9.